The summed E-state index contributed by atoms with van der Waals surface area (Å²) >= 11 is 6.38. The lowest BCUT2D eigenvalue weighted by Crippen LogP contribution is -2.55. The second-order valence-corrected chi connectivity index (χ2v) is 12.6. The molecule has 198 valence electrons. The van der Waals surface area contributed by atoms with Crippen molar-refractivity contribution >= 4 is 39.1 Å². The molecule has 36 heavy (non-hydrogen) atoms. The van der Waals surface area contributed by atoms with Gasteiger partial charge >= 0.3 is 0 Å². The minimum Gasteiger partial charge on any atom is -0.350 e. The predicted molar refractivity (Wildman–Crippen MR) is 147 cm³/mol. The molecule has 0 aliphatic heterocycles. The van der Waals surface area contributed by atoms with Gasteiger partial charge in [0, 0.05) is 17.1 Å². The van der Waals surface area contributed by atoms with Crippen molar-refractivity contribution < 1.29 is 18.0 Å². The second-order valence-electron chi connectivity index (χ2n) is 10.3. The summed E-state index contributed by atoms with van der Waals surface area (Å²) < 4.78 is 26.6. The van der Waals surface area contributed by atoms with Crippen molar-refractivity contribution in [2.24, 2.45) is 0 Å². The number of hydrogen-bond donors (Lipinski definition) is 1. The number of benzene rings is 2. The minimum absolute atomic E-state index is 0.0679. The number of nitrogens with one attached hydrogen (secondary N) is 1. The zero-order valence-corrected chi connectivity index (χ0v) is 23.8. The van der Waals surface area contributed by atoms with Gasteiger partial charge in [-0.25, -0.2) is 8.42 Å². The Balaban J connectivity index is 2.47. The standard InChI is InChI=1S/C27H38ClN3O4S/c1-8-24(26(33)29-27(4,5)6)30(17-21-11-9-10-12-23(21)28)25(32)18-31(36(7,34)35)22-15-13-20(14-16-22)19(2)3/h9-16,19,24H,8,17-18H2,1-7H3,(H,29,33)/t24-/m1/s1. The van der Waals surface area contributed by atoms with E-state index in [0.717, 1.165) is 16.1 Å². The summed E-state index contributed by atoms with van der Waals surface area (Å²) in [4.78, 5) is 28.3. The molecule has 1 atom stereocenters. The van der Waals surface area contributed by atoms with Crippen LogP contribution in [0.1, 0.15) is 65.0 Å². The third kappa shape index (κ3) is 8.23. The number of carbonyl (C=O) groups excluding carboxylic acids is 2. The highest BCUT2D eigenvalue weighted by Gasteiger charge is 2.33. The molecule has 2 amide bonds. The van der Waals surface area contributed by atoms with E-state index >= 15 is 0 Å². The minimum atomic E-state index is -3.78. The van der Waals surface area contributed by atoms with Crippen molar-refractivity contribution in [1.29, 1.82) is 0 Å². The Morgan fingerprint density at radius 3 is 2.08 bits per heavy atom. The molecule has 0 aromatic heterocycles. The Kier molecular flexibility index (Phi) is 9.97. The Morgan fingerprint density at radius 1 is 1.03 bits per heavy atom. The van der Waals surface area contributed by atoms with Gasteiger partial charge in [-0.3, -0.25) is 13.9 Å². The maximum Gasteiger partial charge on any atom is 0.244 e. The topological polar surface area (TPSA) is 86.8 Å². The van der Waals surface area contributed by atoms with Crippen LogP contribution in [0.4, 0.5) is 5.69 Å². The van der Waals surface area contributed by atoms with Crippen LogP contribution >= 0.6 is 11.6 Å². The van der Waals surface area contributed by atoms with Crippen LogP contribution in [0, 0.1) is 0 Å². The van der Waals surface area contributed by atoms with E-state index in [1.807, 2.05) is 53.7 Å². The molecule has 0 bridgehead atoms. The van der Waals surface area contributed by atoms with Crippen molar-refractivity contribution in [3.05, 3.63) is 64.7 Å². The average molecular weight is 536 g/mol. The maximum atomic E-state index is 13.7. The molecule has 2 aromatic rings. The lowest BCUT2D eigenvalue weighted by Gasteiger charge is -2.34. The van der Waals surface area contributed by atoms with E-state index in [2.05, 4.69) is 5.32 Å². The molecule has 0 radical (unpaired) electrons. The van der Waals surface area contributed by atoms with Crippen molar-refractivity contribution in [3.8, 4) is 0 Å². The first-order valence-electron chi connectivity index (χ1n) is 12.1. The molecule has 2 rings (SSSR count). The van der Waals surface area contributed by atoms with Crippen molar-refractivity contribution in [1.82, 2.24) is 10.2 Å². The molecule has 9 heteroatoms. The quantitative estimate of drug-likeness (QED) is 0.466. The van der Waals surface area contributed by atoms with Crippen LogP contribution in [0.2, 0.25) is 5.02 Å². The van der Waals surface area contributed by atoms with Crippen LogP contribution in [0.3, 0.4) is 0 Å². The lowest BCUT2D eigenvalue weighted by molar-refractivity contribution is -0.141. The van der Waals surface area contributed by atoms with E-state index in [-0.39, 0.29) is 18.4 Å². The van der Waals surface area contributed by atoms with Crippen LogP contribution < -0.4 is 9.62 Å². The van der Waals surface area contributed by atoms with E-state index in [1.54, 1.807) is 36.4 Å². The monoisotopic (exact) mass is 535 g/mol. The van der Waals surface area contributed by atoms with Gasteiger partial charge in [-0.05, 0) is 62.4 Å². The van der Waals surface area contributed by atoms with Gasteiger partial charge in [-0.15, -0.1) is 0 Å². The largest absolute Gasteiger partial charge is 0.350 e. The number of carbonyl (C=O) groups is 2. The van der Waals surface area contributed by atoms with Gasteiger partial charge in [0.2, 0.25) is 21.8 Å². The van der Waals surface area contributed by atoms with Crippen molar-refractivity contribution in [2.45, 2.75) is 72.0 Å². The summed E-state index contributed by atoms with van der Waals surface area (Å²) in [6, 6.07) is 13.4. The summed E-state index contributed by atoms with van der Waals surface area (Å²) in [5, 5.41) is 3.40. The van der Waals surface area contributed by atoms with Gasteiger partial charge in [0.25, 0.3) is 0 Å². The van der Waals surface area contributed by atoms with Crippen LogP contribution in [0.5, 0.6) is 0 Å². The summed E-state index contributed by atoms with van der Waals surface area (Å²) in [6.45, 7) is 11.1. The number of halogens is 1. The van der Waals surface area contributed by atoms with E-state index in [4.69, 9.17) is 11.6 Å². The van der Waals surface area contributed by atoms with E-state index in [1.165, 1.54) is 4.90 Å². The van der Waals surface area contributed by atoms with E-state index in [9.17, 15) is 18.0 Å². The van der Waals surface area contributed by atoms with Crippen LogP contribution in [0.25, 0.3) is 0 Å². The fraction of sp³-hybridized carbons (Fsp3) is 0.481. The van der Waals surface area contributed by atoms with Gasteiger partial charge in [0.15, 0.2) is 0 Å². The highest BCUT2D eigenvalue weighted by Crippen LogP contribution is 2.24. The van der Waals surface area contributed by atoms with Gasteiger partial charge in [-0.2, -0.15) is 0 Å². The number of sulfonamides is 1. The molecule has 0 aliphatic carbocycles. The summed E-state index contributed by atoms with van der Waals surface area (Å²) in [5.74, 6) is -0.521. The molecular weight excluding hydrogens is 498 g/mol. The van der Waals surface area contributed by atoms with Crippen LogP contribution in [-0.2, 0) is 26.2 Å². The van der Waals surface area contributed by atoms with Gasteiger partial charge in [0.1, 0.15) is 12.6 Å². The Bertz CT molecular complexity index is 1160. The lowest BCUT2D eigenvalue weighted by atomic mass is 10.0. The summed E-state index contributed by atoms with van der Waals surface area (Å²) in [5.41, 5.74) is 1.62. The molecule has 7 nitrogen and oxygen atoms in total. The zero-order valence-electron chi connectivity index (χ0n) is 22.2. The molecule has 2 aromatic carbocycles. The van der Waals surface area contributed by atoms with Gasteiger partial charge in [-0.1, -0.05) is 62.7 Å². The number of anilines is 1. The normalized spacial score (nSPS) is 12.8. The van der Waals surface area contributed by atoms with Crippen molar-refractivity contribution in [2.75, 3.05) is 17.1 Å². The fourth-order valence-corrected chi connectivity index (χ4v) is 4.87. The maximum absolute atomic E-state index is 13.7. The highest BCUT2D eigenvalue weighted by molar-refractivity contribution is 7.92. The van der Waals surface area contributed by atoms with Gasteiger partial charge < -0.3 is 10.2 Å². The molecule has 0 spiro atoms. The molecule has 1 N–H and O–H groups in total. The predicted octanol–water partition coefficient (Wildman–Crippen LogP) is 4.95. The first kappa shape index (κ1) is 29.6. The number of nitrogens with zero attached hydrogens (tertiary/aromatic N) is 2. The van der Waals surface area contributed by atoms with Crippen LogP contribution in [-0.4, -0.2) is 49.5 Å². The molecule has 0 unspecified atom stereocenters. The third-order valence-electron chi connectivity index (χ3n) is 5.71. The van der Waals surface area contributed by atoms with Crippen LogP contribution in [0.15, 0.2) is 48.5 Å². The Labute approximate surface area is 220 Å². The first-order valence-corrected chi connectivity index (χ1v) is 14.3. The summed E-state index contributed by atoms with van der Waals surface area (Å²) in [7, 11) is -3.78. The third-order valence-corrected chi connectivity index (χ3v) is 7.22. The smallest absolute Gasteiger partial charge is 0.244 e. The SMILES string of the molecule is CC[C@H](C(=O)NC(C)(C)C)N(Cc1ccccc1Cl)C(=O)CN(c1ccc(C(C)C)cc1)S(C)(=O)=O. The zero-order chi connectivity index (χ0) is 27.3. The molecule has 0 fully saturated rings. The molecular formula is C27H38ClN3O4S. The average Bonchev–Trinajstić information content (AvgIpc) is 2.76. The Morgan fingerprint density at radius 2 is 1.61 bits per heavy atom. The Hall–Kier alpha value is -2.58. The molecule has 0 saturated heterocycles. The van der Waals surface area contributed by atoms with E-state index in [0.29, 0.717) is 22.7 Å². The number of hydrogen-bond acceptors (Lipinski definition) is 4. The molecule has 0 heterocycles. The second kappa shape index (κ2) is 12.1. The molecule has 0 aliphatic rings. The number of rotatable bonds is 10. The van der Waals surface area contributed by atoms with E-state index < -0.39 is 34.1 Å². The summed E-state index contributed by atoms with van der Waals surface area (Å²) in [6.07, 6.45) is 1.42. The first-order chi connectivity index (χ1) is 16.6. The molecule has 0 saturated carbocycles. The van der Waals surface area contributed by atoms with Gasteiger partial charge in [0.05, 0.1) is 11.9 Å². The van der Waals surface area contributed by atoms with Crippen molar-refractivity contribution in [3.63, 3.8) is 0 Å². The highest BCUT2D eigenvalue weighted by atomic mass is 35.5. The fourth-order valence-electron chi connectivity index (χ4n) is 3.82. The number of amides is 2.